The van der Waals surface area contributed by atoms with Gasteiger partial charge in [0.05, 0.1) is 17.9 Å². The molecule has 3 unspecified atom stereocenters. The highest BCUT2D eigenvalue weighted by Gasteiger charge is 2.52. The van der Waals surface area contributed by atoms with Crippen molar-refractivity contribution in [1.29, 1.82) is 0 Å². The number of hydrogen-bond acceptors (Lipinski definition) is 3. The first-order valence-corrected chi connectivity index (χ1v) is 8.77. The first kappa shape index (κ1) is 15.9. The van der Waals surface area contributed by atoms with Crippen LogP contribution < -0.4 is 10.6 Å². The van der Waals surface area contributed by atoms with Gasteiger partial charge in [-0.1, -0.05) is 37.3 Å². The van der Waals surface area contributed by atoms with Crippen LogP contribution in [0.1, 0.15) is 49.0 Å². The molecule has 1 aromatic heterocycles. The number of benzene rings is 1. The fourth-order valence-electron chi connectivity index (χ4n) is 3.77. The predicted molar refractivity (Wildman–Crippen MR) is 92.8 cm³/mol. The zero-order valence-corrected chi connectivity index (χ0v) is 14.2. The number of nitrogens with zero attached hydrogens (tertiary/aromatic N) is 1. The molecule has 3 N–H and O–H groups in total. The van der Waals surface area contributed by atoms with Gasteiger partial charge in [-0.25, -0.2) is 0 Å². The topological polar surface area (TPSA) is 86.9 Å². The fourth-order valence-corrected chi connectivity index (χ4v) is 3.77. The van der Waals surface area contributed by atoms with Crippen LogP contribution in [0.3, 0.4) is 0 Å². The molecule has 1 aromatic carbocycles. The van der Waals surface area contributed by atoms with Crippen LogP contribution in [0.2, 0.25) is 0 Å². The van der Waals surface area contributed by atoms with E-state index < -0.39 is 11.8 Å². The summed E-state index contributed by atoms with van der Waals surface area (Å²) < 4.78 is 0. The molecule has 6 nitrogen and oxygen atoms in total. The number of aryl methyl sites for hydroxylation is 1. The minimum absolute atomic E-state index is 0.00206. The molecule has 6 heteroatoms. The molecule has 0 saturated heterocycles. The minimum atomic E-state index is -0.574. The number of aromatic nitrogens is 2. The third-order valence-corrected chi connectivity index (χ3v) is 5.53. The van der Waals surface area contributed by atoms with Crippen LogP contribution in [0.5, 0.6) is 0 Å². The summed E-state index contributed by atoms with van der Waals surface area (Å²) in [4.78, 5) is 24.6. The van der Waals surface area contributed by atoms with Crippen LogP contribution in [0, 0.1) is 0 Å². The van der Waals surface area contributed by atoms with E-state index in [1.54, 1.807) is 6.20 Å². The molecule has 1 saturated carbocycles. The van der Waals surface area contributed by atoms with E-state index in [4.69, 9.17) is 0 Å². The van der Waals surface area contributed by atoms with Crippen molar-refractivity contribution in [3.63, 3.8) is 0 Å². The summed E-state index contributed by atoms with van der Waals surface area (Å²) >= 11 is 0. The second kappa shape index (κ2) is 6.02. The number of hydrogen-bond donors (Lipinski definition) is 3. The van der Waals surface area contributed by atoms with Gasteiger partial charge < -0.3 is 10.6 Å². The van der Waals surface area contributed by atoms with E-state index in [2.05, 4.69) is 39.9 Å². The normalized spacial score (nSPS) is 27.2. The molecule has 25 heavy (non-hydrogen) atoms. The van der Waals surface area contributed by atoms with E-state index in [0.29, 0.717) is 0 Å². The van der Waals surface area contributed by atoms with Crippen LogP contribution in [0.15, 0.2) is 36.5 Å². The van der Waals surface area contributed by atoms with Crippen molar-refractivity contribution in [2.45, 2.75) is 50.1 Å². The molecule has 0 radical (unpaired) electrons. The molecular formula is C19H22N4O2. The molecule has 2 aliphatic carbocycles. The number of amides is 2. The lowest BCUT2D eigenvalue weighted by Crippen LogP contribution is -2.44. The van der Waals surface area contributed by atoms with Crippen LogP contribution >= 0.6 is 0 Å². The highest BCUT2D eigenvalue weighted by Crippen LogP contribution is 2.47. The zero-order chi connectivity index (χ0) is 17.4. The molecule has 130 valence electrons. The van der Waals surface area contributed by atoms with Gasteiger partial charge >= 0.3 is 11.8 Å². The third kappa shape index (κ3) is 2.92. The number of H-pyrrole nitrogens is 1. The van der Waals surface area contributed by atoms with Gasteiger partial charge in [-0.15, -0.1) is 0 Å². The summed E-state index contributed by atoms with van der Waals surface area (Å²) in [6.07, 6.45) is 5.41. The Morgan fingerprint density at radius 1 is 1.20 bits per heavy atom. The highest BCUT2D eigenvalue weighted by molar-refractivity contribution is 6.35. The van der Waals surface area contributed by atoms with E-state index in [0.717, 1.165) is 36.9 Å². The van der Waals surface area contributed by atoms with Crippen LogP contribution in [-0.4, -0.2) is 28.1 Å². The van der Waals surface area contributed by atoms with Crippen molar-refractivity contribution in [2.75, 3.05) is 0 Å². The molecule has 0 spiro atoms. The second-order valence-corrected chi connectivity index (χ2v) is 7.24. The first-order valence-electron chi connectivity index (χ1n) is 8.77. The molecule has 0 bridgehead atoms. The molecule has 4 rings (SSSR count). The quantitative estimate of drug-likeness (QED) is 0.745. The first-order chi connectivity index (χ1) is 12.1. The smallest absolute Gasteiger partial charge is 0.309 e. The lowest BCUT2D eigenvalue weighted by atomic mass is 9.94. The Morgan fingerprint density at radius 3 is 2.76 bits per heavy atom. The molecule has 0 aliphatic heterocycles. The second-order valence-electron chi connectivity index (χ2n) is 7.24. The predicted octanol–water partition coefficient (Wildman–Crippen LogP) is 1.75. The molecular weight excluding hydrogens is 316 g/mol. The summed E-state index contributed by atoms with van der Waals surface area (Å²) in [5, 5.41) is 12.7. The maximum Gasteiger partial charge on any atom is 0.309 e. The van der Waals surface area contributed by atoms with Crippen LogP contribution in [0.4, 0.5) is 0 Å². The number of rotatable bonds is 3. The summed E-state index contributed by atoms with van der Waals surface area (Å²) in [7, 11) is 0. The lowest BCUT2D eigenvalue weighted by molar-refractivity contribution is -0.139. The zero-order valence-electron chi connectivity index (χ0n) is 14.2. The monoisotopic (exact) mass is 338 g/mol. The number of carbonyl (C=O) groups is 2. The van der Waals surface area contributed by atoms with Crippen molar-refractivity contribution in [2.24, 2.45) is 0 Å². The van der Waals surface area contributed by atoms with Gasteiger partial charge in [0.15, 0.2) is 0 Å². The van der Waals surface area contributed by atoms with Gasteiger partial charge in [-0.3, -0.25) is 14.7 Å². The molecule has 1 heterocycles. The Labute approximate surface area is 146 Å². The van der Waals surface area contributed by atoms with Gasteiger partial charge in [0.1, 0.15) is 0 Å². The highest BCUT2D eigenvalue weighted by atomic mass is 16.2. The lowest BCUT2D eigenvalue weighted by Gasteiger charge is -2.22. The van der Waals surface area contributed by atoms with E-state index in [1.807, 2.05) is 18.2 Å². The Morgan fingerprint density at radius 2 is 1.96 bits per heavy atom. The average molecular weight is 338 g/mol. The summed E-state index contributed by atoms with van der Waals surface area (Å²) in [6, 6.07) is 9.93. The average Bonchev–Trinajstić information content (AvgIpc) is 3.06. The summed E-state index contributed by atoms with van der Waals surface area (Å²) in [5.74, 6) is -1.13. The van der Waals surface area contributed by atoms with Crippen molar-refractivity contribution >= 4 is 11.8 Å². The van der Waals surface area contributed by atoms with E-state index in [1.165, 1.54) is 5.56 Å². The number of aromatic amines is 1. The van der Waals surface area contributed by atoms with Crippen molar-refractivity contribution < 1.29 is 9.59 Å². The molecule has 3 atom stereocenters. The molecule has 2 aliphatic rings. The maximum atomic E-state index is 12.3. The van der Waals surface area contributed by atoms with E-state index in [9.17, 15) is 9.59 Å². The third-order valence-electron chi connectivity index (χ3n) is 5.53. The van der Waals surface area contributed by atoms with Gasteiger partial charge in [-0.2, -0.15) is 5.10 Å². The minimum Gasteiger partial charge on any atom is -0.344 e. The number of nitrogens with one attached hydrogen (secondary N) is 3. The van der Waals surface area contributed by atoms with Gasteiger partial charge in [0.25, 0.3) is 0 Å². The number of carbonyl (C=O) groups excluding carboxylic acids is 2. The van der Waals surface area contributed by atoms with Gasteiger partial charge in [0.2, 0.25) is 0 Å². The maximum absolute atomic E-state index is 12.3. The Bertz CT molecular complexity index is 801. The number of fused-ring (bicyclic) bond motifs is 1. The Balaban J connectivity index is 1.36. The van der Waals surface area contributed by atoms with Crippen molar-refractivity contribution in [1.82, 2.24) is 20.8 Å². The fraction of sp³-hybridized carbons (Fsp3) is 0.421. The standard InChI is InChI=1S/C19H22N4O2/c1-19(13-7-3-2-4-8-13)10-15(19)22-18(25)17(24)21-14-9-5-6-12-11-20-23-16(12)14/h2-4,7-8,11,14-15H,5-6,9-10H2,1H3,(H,20,23)(H,21,24)(H,22,25). The van der Waals surface area contributed by atoms with Crippen molar-refractivity contribution in [3.8, 4) is 0 Å². The molecule has 2 aromatic rings. The van der Waals surface area contributed by atoms with Gasteiger partial charge in [0, 0.05) is 11.5 Å². The van der Waals surface area contributed by atoms with E-state index >= 15 is 0 Å². The Hall–Kier alpha value is -2.63. The van der Waals surface area contributed by atoms with Crippen molar-refractivity contribution in [3.05, 3.63) is 53.3 Å². The summed E-state index contributed by atoms with van der Waals surface area (Å²) in [6.45, 7) is 2.11. The van der Waals surface area contributed by atoms with Gasteiger partial charge in [-0.05, 0) is 36.8 Å². The SMILES string of the molecule is CC1(c2ccccc2)CC1NC(=O)C(=O)NC1CCCc2cn[nH]c21. The summed E-state index contributed by atoms with van der Waals surface area (Å²) in [5.41, 5.74) is 3.15. The van der Waals surface area contributed by atoms with Crippen LogP contribution in [0.25, 0.3) is 0 Å². The molecule has 1 fully saturated rings. The van der Waals surface area contributed by atoms with E-state index in [-0.39, 0.29) is 17.5 Å². The van der Waals surface area contributed by atoms with Crippen LogP contribution in [-0.2, 0) is 21.4 Å². The largest absolute Gasteiger partial charge is 0.344 e. The Kier molecular flexibility index (Phi) is 3.82. The molecule has 2 amide bonds.